The van der Waals surface area contributed by atoms with E-state index in [0.717, 1.165) is 3.39 Å². The SMILES string of the molecule is CC(=O)[C@@H](C)[C@H]1OC(C)(C)O[C@H]1C=C(Br)Br. The highest BCUT2D eigenvalue weighted by Crippen LogP contribution is 2.34. The molecule has 0 aromatic heterocycles. The van der Waals surface area contributed by atoms with E-state index < -0.39 is 5.79 Å². The Bertz CT molecular complexity index is 308. The van der Waals surface area contributed by atoms with Gasteiger partial charge in [-0.15, -0.1) is 0 Å². The van der Waals surface area contributed by atoms with Gasteiger partial charge in [0.25, 0.3) is 0 Å². The van der Waals surface area contributed by atoms with Crippen molar-refractivity contribution in [3.8, 4) is 0 Å². The first kappa shape index (κ1) is 14.4. The summed E-state index contributed by atoms with van der Waals surface area (Å²) in [5.74, 6) is -0.719. The third-order valence-electron chi connectivity index (χ3n) is 2.59. The number of Topliss-reactive ketones (excluding diaryl/α,β-unsaturated/α-hetero) is 1. The first-order valence-corrected chi connectivity index (χ1v) is 6.70. The Morgan fingerprint density at radius 2 is 1.94 bits per heavy atom. The molecule has 3 atom stereocenters. The molecule has 0 aromatic carbocycles. The first-order valence-electron chi connectivity index (χ1n) is 5.12. The van der Waals surface area contributed by atoms with Crippen molar-refractivity contribution in [1.82, 2.24) is 0 Å². The first-order chi connectivity index (χ1) is 7.23. The van der Waals surface area contributed by atoms with E-state index in [4.69, 9.17) is 9.47 Å². The minimum absolute atomic E-state index is 0.107. The zero-order valence-electron chi connectivity index (χ0n) is 9.79. The number of hydrogen-bond donors (Lipinski definition) is 0. The zero-order chi connectivity index (χ0) is 12.5. The van der Waals surface area contributed by atoms with Crippen LogP contribution in [0.25, 0.3) is 0 Å². The lowest BCUT2D eigenvalue weighted by molar-refractivity contribution is -0.150. The summed E-state index contributed by atoms with van der Waals surface area (Å²) in [4.78, 5) is 11.4. The molecule has 0 unspecified atom stereocenters. The fraction of sp³-hybridized carbons (Fsp3) is 0.727. The van der Waals surface area contributed by atoms with Crippen molar-refractivity contribution in [3.63, 3.8) is 0 Å². The molecule has 0 spiro atoms. The Hall–Kier alpha value is 0.290. The Morgan fingerprint density at radius 3 is 2.38 bits per heavy atom. The van der Waals surface area contributed by atoms with Crippen molar-refractivity contribution >= 4 is 37.6 Å². The maximum atomic E-state index is 11.4. The predicted octanol–water partition coefficient (Wildman–Crippen LogP) is 3.36. The molecular weight excluding hydrogens is 340 g/mol. The molecule has 1 aliphatic rings. The quantitative estimate of drug-likeness (QED) is 0.778. The molecule has 1 heterocycles. The summed E-state index contributed by atoms with van der Waals surface area (Å²) >= 11 is 6.59. The molecule has 0 N–H and O–H groups in total. The van der Waals surface area contributed by atoms with Crippen LogP contribution in [0, 0.1) is 5.92 Å². The molecule has 0 bridgehead atoms. The summed E-state index contributed by atoms with van der Waals surface area (Å²) in [5, 5.41) is 0. The molecule has 1 aliphatic heterocycles. The van der Waals surface area contributed by atoms with Crippen LogP contribution in [0.4, 0.5) is 0 Å². The fourth-order valence-electron chi connectivity index (χ4n) is 1.69. The van der Waals surface area contributed by atoms with E-state index >= 15 is 0 Å². The van der Waals surface area contributed by atoms with E-state index in [2.05, 4.69) is 31.9 Å². The summed E-state index contributed by atoms with van der Waals surface area (Å²) in [6.07, 6.45) is 1.40. The van der Waals surface area contributed by atoms with Gasteiger partial charge in [0, 0.05) is 5.92 Å². The van der Waals surface area contributed by atoms with Crippen LogP contribution in [0.1, 0.15) is 27.7 Å². The molecule has 0 aromatic rings. The van der Waals surface area contributed by atoms with E-state index in [9.17, 15) is 4.79 Å². The van der Waals surface area contributed by atoms with E-state index in [1.54, 1.807) is 6.92 Å². The lowest BCUT2D eigenvalue weighted by atomic mass is 9.96. The minimum atomic E-state index is -0.648. The smallest absolute Gasteiger partial charge is 0.164 e. The maximum Gasteiger partial charge on any atom is 0.164 e. The van der Waals surface area contributed by atoms with Crippen LogP contribution in [-0.4, -0.2) is 23.8 Å². The molecular formula is C11H16Br2O3. The molecule has 1 saturated heterocycles. The fourth-order valence-corrected chi connectivity index (χ4v) is 2.21. The van der Waals surface area contributed by atoms with E-state index in [1.165, 1.54) is 0 Å². The molecule has 1 rings (SSSR count). The van der Waals surface area contributed by atoms with Crippen LogP contribution in [0.2, 0.25) is 0 Å². The normalized spacial score (nSPS) is 29.9. The highest BCUT2D eigenvalue weighted by molar-refractivity contribution is 9.28. The summed E-state index contributed by atoms with van der Waals surface area (Å²) in [7, 11) is 0. The highest BCUT2D eigenvalue weighted by Gasteiger charge is 2.43. The number of carbonyl (C=O) groups excluding carboxylic acids is 1. The Kier molecular flexibility index (Phi) is 4.75. The van der Waals surface area contributed by atoms with Crippen molar-refractivity contribution in [2.45, 2.75) is 45.7 Å². The lowest BCUT2D eigenvalue weighted by Gasteiger charge is -2.20. The molecule has 0 saturated carbocycles. The number of rotatable bonds is 3. The second-order valence-corrected chi connectivity index (χ2v) is 7.19. The topological polar surface area (TPSA) is 35.5 Å². The van der Waals surface area contributed by atoms with Crippen molar-refractivity contribution in [1.29, 1.82) is 0 Å². The van der Waals surface area contributed by atoms with Crippen LogP contribution in [0.3, 0.4) is 0 Å². The molecule has 0 amide bonds. The van der Waals surface area contributed by atoms with Gasteiger partial charge in [0.05, 0.1) is 3.39 Å². The average Bonchev–Trinajstić information content (AvgIpc) is 2.38. The monoisotopic (exact) mass is 354 g/mol. The van der Waals surface area contributed by atoms with Gasteiger partial charge in [-0.2, -0.15) is 0 Å². The van der Waals surface area contributed by atoms with Gasteiger partial charge in [0.2, 0.25) is 0 Å². The molecule has 16 heavy (non-hydrogen) atoms. The molecule has 0 aliphatic carbocycles. The second kappa shape index (κ2) is 5.29. The van der Waals surface area contributed by atoms with Gasteiger partial charge in [-0.05, 0) is 58.7 Å². The maximum absolute atomic E-state index is 11.4. The second-order valence-electron chi connectivity index (χ2n) is 4.42. The molecule has 92 valence electrons. The average molecular weight is 356 g/mol. The van der Waals surface area contributed by atoms with Gasteiger partial charge >= 0.3 is 0 Å². The zero-order valence-corrected chi connectivity index (χ0v) is 13.0. The van der Waals surface area contributed by atoms with Crippen LogP contribution in [0.15, 0.2) is 9.47 Å². The van der Waals surface area contributed by atoms with Crippen molar-refractivity contribution in [3.05, 3.63) is 9.47 Å². The third-order valence-corrected chi connectivity index (χ3v) is 3.12. The third kappa shape index (κ3) is 3.65. The minimum Gasteiger partial charge on any atom is -0.343 e. The van der Waals surface area contributed by atoms with Gasteiger partial charge in [-0.25, -0.2) is 0 Å². The van der Waals surface area contributed by atoms with Gasteiger partial charge in [0.1, 0.15) is 18.0 Å². The number of carbonyl (C=O) groups is 1. The van der Waals surface area contributed by atoms with Crippen molar-refractivity contribution in [2.24, 2.45) is 5.92 Å². The van der Waals surface area contributed by atoms with Crippen LogP contribution < -0.4 is 0 Å². The highest BCUT2D eigenvalue weighted by atomic mass is 79.9. The standard InChI is InChI=1S/C11H16Br2O3/c1-6(7(2)14)10-8(5-9(12)13)15-11(3,4)16-10/h5-6,8,10H,1-4H3/t6-,8+,10-/m1/s1. The van der Waals surface area contributed by atoms with E-state index in [0.29, 0.717) is 0 Å². The van der Waals surface area contributed by atoms with Crippen molar-refractivity contribution < 1.29 is 14.3 Å². The Balaban J connectivity index is 2.88. The van der Waals surface area contributed by atoms with Gasteiger partial charge in [-0.1, -0.05) is 6.92 Å². The van der Waals surface area contributed by atoms with Crippen molar-refractivity contribution in [2.75, 3.05) is 0 Å². The van der Waals surface area contributed by atoms with Gasteiger partial charge < -0.3 is 9.47 Å². The predicted molar refractivity (Wildman–Crippen MR) is 69.6 cm³/mol. The summed E-state index contributed by atoms with van der Waals surface area (Å²) in [6.45, 7) is 7.13. The number of ether oxygens (including phenoxy) is 2. The molecule has 3 nitrogen and oxygen atoms in total. The Morgan fingerprint density at radius 1 is 1.38 bits per heavy atom. The van der Waals surface area contributed by atoms with Crippen LogP contribution >= 0.6 is 31.9 Å². The summed E-state index contributed by atoms with van der Waals surface area (Å²) in [6, 6.07) is 0. The summed E-state index contributed by atoms with van der Waals surface area (Å²) in [5.41, 5.74) is 0. The van der Waals surface area contributed by atoms with Gasteiger partial charge in [0.15, 0.2) is 5.79 Å². The number of ketones is 1. The Labute approximate surface area is 113 Å². The number of halogens is 2. The van der Waals surface area contributed by atoms with Crippen LogP contribution in [0.5, 0.6) is 0 Å². The molecule has 0 radical (unpaired) electrons. The van der Waals surface area contributed by atoms with Gasteiger partial charge in [-0.3, -0.25) is 4.79 Å². The van der Waals surface area contributed by atoms with Crippen LogP contribution in [-0.2, 0) is 14.3 Å². The largest absolute Gasteiger partial charge is 0.343 e. The van der Waals surface area contributed by atoms with E-state index in [1.807, 2.05) is 26.8 Å². The number of hydrogen-bond acceptors (Lipinski definition) is 3. The molecule has 5 heteroatoms. The van der Waals surface area contributed by atoms with E-state index in [-0.39, 0.29) is 23.9 Å². The lowest BCUT2D eigenvalue weighted by Crippen LogP contribution is -2.32. The molecule has 1 fully saturated rings. The summed E-state index contributed by atoms with van der Waals surface area (Å²) < 4.78 is 12.3.